The third-order valence-electron chi connectivity index (χ3n) is 3.41. The van der Waals surface area contributed by atoms with Gasteiger partial charge >= 0.3 is 0 Å². The van der Waals surface area contributed by atoms with E-state index in [2.05, 4.69) is 0 Å². The van der Waals surface area contributed by atoms with Gasteiger partial charge in [-0.05, 0) is 42.5 Å². The summed E-state index contributed by atoms with van der Waals surface area (Å²) in [4.78, 5) is 0.273. The van der Waals surface area contributed by atoms with Gasteiger partial charge in [-0.15, -0.1) is 0 Å². The van der Waals surface area contributed by atoms with Crippen LogP contribution in [0.2, 0.25) is 0 Å². The van der Waals surface area contributed by atoms with Gasteiger partial charge in [0.2, 0.25) is 0 Å². The molecule has 22 heavy (non-hydrogen) atoms. The first-order valence-corrected chi connectivity index (χ1v) is 8.11. The number of rotatable bonds is 1. The molecular formula is C15H15N3O3S. The molecule has 1 heterocycles. The highest BCUT2D eigenvalue weighted by Crippen LogP contribution is 2.58. The molecule has 0 aromatic heterocycles. The molecule has 114 valence electrons. The van der Waals surface area contributed by atoms with Crippen molar-refractivity contribution in [3.05, 3.63) is 48.0 Å². The van der Waals surface area contributed by atoms with Gasteiger partial charge in [0, 0.05) is 5.69 Å². The predicted molar refractivity (Wildman–Crippen MR) is 86.0 cm³/mol. The first-order valence-electron chi connectivity index (χ1n) is 6.61. The molecule has 0 amide bonds. The largest absolute Gasteiger partial charge is 0.490 e. The van der Waals surface area contributed by atoms with E-state index in [4.69, 9.17) is 15.7 Å². The van der Waals surface area contributed by atoms with E-state index in [9.17, 15) is 9.11 Å². The van der Waals surface area contributed by atoms with E-state index in [0.29, 0.717) is 35.8 Å². The van der Waals surface area contributed by atoms with Gasteiger partial charge in [0.25, 0.3) is 0 Å². The Morgan fingerprint density at radius 2 is 1.91 bits per heavy atom. The predicted octanol–water partition coefficient (Wildman–Crippen LogP) is 3.06. The number of anilines is 2. The Kier molecular flexibility index (Phi) is 3.58. The molecule has 0 saturated carbocycles. The molecule has 0 fully saturated rings. The van der Waals surface area contributed by atoms with Crippen LogP contribution in [0, 0.1) is 11.3 Å². The molecule has 7 heteroatoms. The highest BCUT2D eigenvalue weighted by molar-refractivity contribution is 8.25. The van der Waals surface area contributed by atoms with Crippen LogP contribution in [0.4, 0.5) is 11.4 Å². The summed E-state index contributed by atoms with van der Waals surface area (Å²) in [5.41, 5.74) is 7.31. The van der Waals surface area contributed by atoms with Crippen LogP contribution < -0.4 is 14.8 Å². The van der Waals surface area contributed by atoms with Crippen molar-refractivity contribution in [2.45, 2.75) is 4.90 Å². The van der Waals surface area contributed by atoms with Crippen molar-refractivity contribution >= 4 is 22.2 Å². The van der Waals surface area contributed by atoms with Crippen LogP contribution in [-0.4, -0.2) is 22.3 Å². The maximum Gasteiger partial charge on any atom is 0.144 e. The third kappa shape index (κ3) is 2.44. The number of ether oxygens (including phenoxy) is 1. The Morgan fingerprint density at radius 3 is 2.59 bits per heavy atom. The van der Waals surface area contributed by atoms with Crippen LogP contribution in [-0.2, 0) is 0 Å². The topological polar surface area (TPSA) is 103 Å². The van der Waals surface area contributed by atoms with E-state index >= 15 is 0 Å². The van der Waals surface area contributed by atoms with E-state index in [-0.39, 0.29) is 4.90 Å². The van der Waals surface area contributed by atoms with Crippen LogP contribution in [0.3, 0.4) is 0 Å². The van der Waals surface area contributed by atoms with Gasteiger partial charge in [-0.2, -0.15) is 5.26 Å². The molecule has 0 saturated heterocycles. The summed E-state index contributed by atoms with van der Waals surface area (Å²) in [5, 5.41) is 8.86. The molecule has 0 radical (unpaired) electrons. The number of nitriles is 1. The lowest BCUT2D eigenvalue weighted by Gasteiger charge is -2.42. The summed E-state index contributed by atoms with van der Waals surface area (Å²) in [7, 11) is -3.27. The van der Waals surface area contributed by atoms with Crippen molar-refractivity contribution in [1.29, 1.82) is 5.26 Å². The van der Waals surface area contributed by atoms with Crippen LogP contribution in [0.5, 0.6) is 5.75 Å². The van der Waals surface area contributed by atoms with Gasteiger partial charge in [-0.1, -0.05) is 10.8 Å². The molecule has 0 spiro atoms. The smallest absolute Gasteiger partial charge is 0.144 e. The summed E-state index contributed by atoms with van der Waals surface area (Å²) in [6.07, 6.45) is 0. The monoisotopic (exact) mass is 317 g/mol. The zero-order chi connectivity index (χ0) is 15.7. The van der Waals surface area contributed by atoms with E-state index < -0.39 is 10.8 Å². The molecule has 6 nitrogen and oxygen atoms in total. The second-order valence-electron chi connectivity index (χ2n) is 4.83. The lowest BCUT2D eigenvalue weighted by Crippen LogP contribution is -2.29. The molecule has 1 aliphatic rings. The number of benzene rings is 2. The fourth-order valence-corrected chi connectivity index (χ4v) is 3.99. The van der Waals surface area contributed by atoms with Crippen LogP contribution in [0.1, 0.15) is 5.56 Å². The first kappa shape index (κ1) is 14.5. The summed E-state index contributed by atoms with van der Waals surface area (Å²) in [5.74, 6) is 0.422. The van der Waals surface area contributed by atoms with Crippen LogP contribution >= 0.6 is 10.8 Å². The van der Waals surface area contributed by atoms with Gasteiger partial charge in [0.05, 0.1) is 23.9 Å². The normalized spacial score (nSPS) is 17.6. The minimum Gasteiger partial charge on any atom is -0.490 e. The number of hydrogen-bond donors (Lipinski definition) is 3. The molecule has 2 aromatic rings. The maximum absolute atomic E-state index is 10.7. The summed E-state index contributed by atoms with van der Waals surface area (Å²) in [6, 6.07) is 13.5. The number of hydrogen-bond acceptors (Lipinski definition) is 6. The Labute approximate surface area is 129 Å². The standard InChI is InChI=1S/C15H15N3O3S/c16-10-11-1-4-13(5-2-11)18-7-8-21-14-6-3-12(17)9-15(14)22(18,19)20/h1-6,9,19-20H,7-8,17H2. The maximum atomic E-state index is 10.7. The Balaban J connectivity index is 2.06. The van der Waals surface area contributed by atoms with Crippen molar-refractivity contribution in [3.8, 4) is 11.8 Å². The lowest BCUT2D eigenvalue weighted by molar-refractivity contribution is 0.325. The van der Waals surface area contributed by atoms with E-state index in [1.807, 2.05) is 6.07 Å². The molecule has 0 atom stereocenters. The molecule has 3 rings (SSSR count). The van der Waals surface area contributed by atoms with E-state index in [1.165, 1.54) is 10.4 Å². The summed E-state index contributed by atoms with van der Waals surface area (Å²) >= 11 is 0. The zero-order valence-corrected chi connectivity index (χ0v) is 12.5. The third-order valence-corrected chi connectivity index (χ3v) is 5.32. The van der Waals surface area contributed by atoms with Crippen molar-refractivity contribution in [3.63, 3.8) is 0 Å². The molecule has 2 aromatic carbocycles. The van der Waals surface area contributed by atoms with Crippen molar-refractivity contribution < 1.29 is 13.8 Å². The molecule has 0 aliphatic carbocycles. The fourth-order valence-electron chi connectivity index (χ4n) is 2.32. The molecule has 1 aliphatic heterocycles. The van der Waals surface area contributed by atoms with Crippen molar-refractivity contribution in [1.82, 2.24) is 0 Å². The quantitative estimate of drug-likeness (QED) is 0.699. The number of nitrogens with zero attached hydrogens (tertiary/aromatic N) is 2. The fraction of sp³-hybridized carbons (Fsp3) is 0.133. The number of fused-ring (bicyclic) bond motifs is 1. The molecule has 0 bridgehead atoms. The van der Waals surface area contributed by atoms with Gasteiger partial charge in [0.15, 0.2) is 0 Å². The van der Waals surface area contributed by atoms with Crippen LogP contribution in [0.15, 0.2) is 47.4 Å². The molecular weight excluding hydrogens is 302 g/mol. The van der Waals surface area contributed by atoms with Crippen LogP contribution in [0.25, 0.3) is 0 Å². The first-order chi connectivity index (χ1) is 10.5. The second-order valence-corrected chi connectivity index (χ2v) is 6.75. The lowest BCUT2D eigenvalue weighted by atomic mass is 10.2. The Bertz CT molecular complexity index is 741. The number of nitrogen functional groups attached to an aromatic ring is 1. The van der Waals surface area contributed by atoms with Gasteiger partial charge in [-0.3, -0.25) is 13.4 Å². The van der Waals surface area contributed by atoms with Gasteiger partial charge in [0.1, 0.15) is 17.3 Å². The van der Waals surface area contributed by atoms with Gasteiger partial charge < -0.3 is 10.5 Å². The number of nitrogens with two attached hydrogens (primary N) is 1. The average molecular weight is 317 g/mol. The Hall–Kier alpha value is -2.40. The second kappa shape index (κ2) is 5.42. The van der Waals surface area contributed by atoms with E-state index in [0.717, 1.165) is 0 Å². The average Bonchev–Trinajstić information content (AvgIpc) is 2.64. The minimum atomic E-state index is -3.27. The zero-order valence-electron chi connectivity index (χ0n) is 11.6. The summed E-state index contributed by atoms with van der Waals surface area (Å²) < 4.78 is 28.5. The van der Waals surface area contributed by atoms with Crippen molar-refractivity contribution in [2.24, 2.45) is 0 Å². The molecule has 4 N–H and O–H groups in total. The van der Waals surface area contributed by atoms with Gasteiger partial charge in [-0.25, -0.2) is 0 Å². The molecule has 0 unspecified atom stereocenters. The minimum absolute atomic E-state index is 0.273. The SMILES string of the molecule is N#Cc1ccc(N2CCOc3ccc(N)cc3S2(O)O)cc1. The highest BCUT2D eigenvalue weighted by atomic mass is 32.3. The Morgan fingerprint density at radius 1 is 1.18 bits per heavy atom. The van der Waals surface area contributed by atoms with Crippen molar-refractivity contribution in [2.75, 3.05) is 23.2 Å². The summed E-state index contributed by atoms with van der Waals surface area (Å²) in [6.45, 7) is 0.621. The van der Waals surface area contributed by atoms with E-state index in [1.54, 1.807) is 36.4 Å². The highest BCUT2D eigenvalue weighted by Gasteiger charge is 2.31.